The number of unbranched alkanes of at least 4 members (excludes halogenated alkanes) is 1. The number of carbonyl (C=O) groups is 5. The Morgan fingerprint density at radius 3 is 2.47 bits per heavy atom. The minimum Gasteiger partial charge on any atom is -0.481 e. The molecule has 5 atom stereocenters. The van der Waals surface area contributed by atoms with Crippen LogP contribution in [0.1, 0.15) is 39.5 Å². The quantitative estimate of drug-likeness (QED) is 0.111. The number of aliphatic carboxylic acids is 1. The van der Waals surface area contributed by atoms with E-state index < -0.39 is 53.0 Å². The summed E-state index contributed by atoms with van der Waals surface area (Å²) in [6.45, 7) is 2.84. The van der Waals surface area contributed by atoms with Crippen LogP contribution in [0.5, 0.6) is 0 Å². The molecule has 2 rings (SSSR count). The lowest BCUT2D eigenvalue weighted by molar-refractivity contribution is -0.137. The van der Waals surface area contributed by atoms with Crippen molar-refractivity contribution in [2.75, 3.05) is 26.0 Å². The fraction of sp³-hybridized carbons (Fsp3) is 0.762. The molecule has 0 aromatic heterocycles. The fourth-order valence-electron chi connectivity index (χ4n) is 4.31. The molecule has 4 amide bonds. The van der Waals surface area contributed by atoms with Gasteiger partial charge in [-0.1, -0.05) is 20.3 Å². The first-order valence-corrected chi connectivity index (χ1v) is 12.4. The molecule has 12 nitrogen and oxygen atoms in total. The Morgan fingerprint density at radius 1 is 1.18 bits per heavy atom. The molecule has 13 heteroatoms. The minimum atomic E-state index is -1.18. The normalized spacial score (nSPS) is 25.1. The zero-order chi connectivity index (χ0) is 25.5. The number of hydrogen-bond donors (Lipinski definition) is 7. The monoisotopic (exact) mass is 501 g/mol. The van der Waals surface area contributed by atoms with E-state index in [9.17, 15) is 29.1 Å². The predicted molar refractivity (Wildman–Crippen MR) is 125 cm³/mol. The smallest absolute Gasteiger partial charge is 0.315 e. The van der Waals surface area contributed by atoms with E-state index in [1.54, 1.807) is 20.9 Å². The molecule has 0 aliphatic carbocycles. The number of carboxylic acids is 1. The van der Waals surface area contributed by atoms with Crippen LogP contribution in [0, 0.1) is 5.92 Å². The van der Waals surface area contributed by atoms with Crippen LogP contribution in [0.15, 0.2) is 0 Å². The number of amides is 4. The molecule has 1 unspecified atom stereocenters. The van der Waals surface area contributed by atoms with Crippen LogP contribution in [0.4, 0.5) is 4.79 Å². The van der Waals surface area contributed by atoms with Gasteiger partial charge in [-0.15, -0.1) is 11.8 Å². The molecule has 0 saturated carbocycles. The lowest BCUT2D eigenvalue weighted by atomic mass is 9.87. The Kier molecular flexibility index (Phi) is 10.1. The summed E-state index contributed by atoms with van der Waals surface area (Å²) in [5, 5.41) is 32.2. The summed E-state index contributed by atoms with van der Waals surface area (Å²) in [5.74, 6) is -2.19. The molecule has 0 aromatic rings. The highest BCUT2D eigenvalue weighted by Crippen LogP contribution is 2.44. The largest absolute Gasteiger partial charge is 0.481 e. The van der Waals surface area contributed by atoms with Crippen molar-refractivity contribution in [3.05, 3.63) is 0 Å². The third-order valence-electron chi connectivity index (χ3n) is 6.06. The number of likely N-dealkylation sites (N-methyl/N-ethyl adjacent to an activating group) is 1. The van der Waals surface area contributed by atoms with E-state index in [1.807, 2.05) is 0 Å². The highest BCUT2D eigenvalue weighted by Gasteiger charge is 2.58. The first-order chi connectivity index (χ1) is 16.0. The van der Waals surface area contributed by atoms with E-state index in [1.165, 1.54) is 11.8 Å². The molecule has 2 saturated heterocycles. The number of aliphatic hydroxyl groups excluding tert-OH is 1. The molecular formula is C21H35N5O7S. The number of carboxylic acid groups (broad SMARTS) is 1. The third kappa shape index (κ3) is 6.60. The van der Waals surface area contributed by atoms with E-state index in [4.69, 9.17) is 5.11 Å². The second-order valence-corrected chi connectivity index (χ2v) is 10.3. The molecule has 34 heavy (non-hydrogen) atoms. The standard InChI is InChI=1S/C21H35N5O7S/c1-11(2)16(17(31)12(9-27)23-14(28)8-22-3)25-19(32)21(7-5-4-6-15(29)30)18-13(10-34-21)24-20(33)26-18/h11-13,16,18,22,27H,4-10H2,1-3H3,(H,23,28)(H,25,32)(H,29,30)(H2,24,26,33)/t12-,13-,16?,18-,21-/m0/s1. The summed E-state index contributed by atoms with van der Waals surface area (Å²) in [6, 6.07) is -3.32. The maximum atomic E-state index is 13.7. The highest BCUT2D eigenvalue weighted by molar-refractivity contribution is 8.01. The molecule has 0 bridgehead atoms. The summed E-state index contributed by atoms with van der Waals surface area (Å²) in [4.78, 5) is 61.6. The predicted octanol–water partition coefficient (Wildman–Crippen LogP) is -1.43. The van der Waals surface area contributed by atoms with Gasteiger partial charge in [0.05, 0.1) is 31.3 Å². The van der Waals surface area contributed by atoms with Crippen molar-refractivity contribution in [2.45, 2.75) is 68.4 Å². The van der Waals surface area contributed by atoms with Gasteiger partial charge in [0.15, 0.2) is 5.78 Å². The zero-order valence-electron chi connectivity index (χ0n) is 19.7. The van der Waals surface area contributed by atoms with Gasteiger partial charge < -0.3 is 36.8 Å². The van der Waals surface area contributed by atoms with Crippen LogP contribution in [0.25, 0.3) is 0 Å². The van der Waals surface area contributed by atoms with E-state index in [2.05, 4.69) is 26.6 Å². The van der Waals surface area contributed by atoms with Crippen LogP contribution >= 0.6 is 11.8 Å². The van der Waals surface area contributed by atoms with Gasteiger partial charge in [-0.3, -0.25) is 19.2 Å². The Bertz CT molecular complexity index is 795. The van der Waals surface area contributed by atoms with Gasteiger partial charge in [0.1, 0.15) is 10.8 Å². The number of nitrogens with one attached hydrogen (secondary N) is 5. The summed E-state index contributed by atoms with van der Waals surface area (Å²) < 4.78 is -1.08. The molecular weight excluding hydrogens is 466 g/mol. The second-order valence-electron chi connectivity index (χ2n) is 8.93. The second kappa shape index (κ2) is 12.4. The van der Waals surface area contributed by atoms with Crippen LogP contribution < -0.4 is 26.6 Å². The SMILES string of the molecule is CNCC(=O)N[C@@H](CO)C(=O)C(NC(=O)[C@@]1(CCCCC(=O)O)SC[C@@H]2NC(=O)N[C@@H]21)C(C)C. The topological polar surface area (TPSA) is 186 Å². The number of Topliss-reactive ketones (excluding diaryl/α,β-unsaturated/α-hetero) is 1. The third-order valence-corrected chi connectivity index (χ3v) is 7.74. The van der Waals surface area contributed by atoms with Crippen molar-refractivity contribution in [2.24, 2.45) is 5.92 Å². The Hall–Kier alpha value is -2.38. The van der Waals surface area contributed by atoms with Gasteiger partial charge in [0.25, 0.3) is 0 Å². The molecule has 2 aliphatic heterocycles. The van der Waals surface area contributed by atoms with Crippen LogP contribution in [0.3, 0.4) is 0 Å². The van der Waals surface area contributed by atoms with Crippen LogP contribution in [-0.4, -0.2) is 94.7 Å². The Balaban J connectivity index is 2.21. The maximum Gasteiger partial charge on any atom is 0.315 e. The molecule has 2 aliphatic rings. The van der Waals surface area contributed by atoms with Crippen molar-refractivity contribution >= 4 is 41.4 Å². The molecule has 0 spiro atoms. The molecule has 7 N–H and O–H groups in total. The summed E-state index contributed by atoms with van der Waals surface area (Å²) in [5.41, 5.74) is 0. The zero-order valence-corrected chi connectivity index (χ0v) is 20.5. The van der Waals surface area contributed by atoms with Gasteiger partial charge in [-0.25, -0.2) is 4.79 Å². The molecule has 2 heterocycles. The number of ketones is 1. The first kappa shape index (κ1) is 27.9. The van der Waals surface area contributed by atoms with Crippen molar-refractivity contribution in [1.82, 2.24) is 26.6 Å². The van der Waals surface area contributed by atoms with Crippen LogP contribution in [-0.2, 0) is 19.2 Å². The number of hydrogen-bond acceptors (Lipinski definition) is 8. The average molecular weight is 502 g/mol. The van der Waals surface area contributed by atoms with E-state index in [-0.39, 0.29) is 31.0 Å². The van der Waals surface area contributed by atoms with E-state index in [0.717, 1.165) is 0 Å². The van der Waals surface area contributed by atoms with Gasteiger partial charge in [-0.05, 0) is 25.8 Å². The number of thioether (sulfide) groups is 1. The van der Waals surface area contributed by atoms with Gasteiger partial charge in [-0.2, -0.15) is 0 Å². The molecule has 0 radical (unpaired) electrons. The highest BCUT2D eigenvalue weighted by atomic mass is 32.2. The average Bonchev–Trinajstić information content (AvgIpc) is 3.30. The lowest BCUT2D eigenvalue weighted by Crippen LogP contribution is -2.61. The minimum absolute atomic E-state index is 0.0291. The molecule has 2 fully saturated rings. The number of fused-ring (bicyclic) bond motifs is 1. The Morgan fingerprint density at radius 2 is 1.88 bits per heavy atom. The summed E-state index contributed by atoms with van der Waals surface area (Å²) in [6.07, 6.45) is 1.12. The van der Waals surface area contributed by atoms with Crippen molar-refractivity contribution < 1.29 is 34.2 Å². The first-order valence-electron chi connectivity index (χ1n) is 11.4. The van der Waals surface area contributed by atoms with Crippen molar-refractivity contribution in [3.8, 4) is 0 Å². The molecule has 192 valence electrons. The van der Waals surface area contributed by atoms with E-state index >= 15 is 0 Å². The summed E-state index contributed by atoms with van der Waals surface area (Å²) >= 11 is 1.37. The van der Waals surface area contributed by atoms with Crippen molar-refractivity contribution in [1.29, 1.82) is 0 Å². The molecule has 0 aromatic carbocycles. The van der Waals surface area contributed by atoms with Gasteiger partial charge in [0.2, 0.25) is 11.8 Å². The lowest BCUT2D eigenvalue weighted by Gasteiger charge is -2.35. The Labute approximate surface area is 202 Å². The van der Waals surface area contributed by atoms with Crippen molar-refractivity contribution in [3.63, 3.8) is 0 Å². The maximum absolute atomic E-state index is 13.7. The number of rotatable bonds is 14. The number of carbonyl (C=O) groups excluding carboxylic acids is 4. The number of urea groups is 1. The number of aliphatic hydroxyl groups is 1. The van der Waals surface area contributed by atoms with E-state index in [0.29, 0.717) is 25.0 Å². The van der Waals surface area contributed by atoms with Crippen LogP contribution in [0.2, 0.25) is 0 Å². The fourth-order valence-corrected chi connectivity index (χ4v) is 5.95. The van der Waals surface area contributed by atoms with Gasteiger partial charge >= 0.3 is 12.0 Å². The summed E-state index contributed by atoms with van der Waals surface area (Å²) in [7, 11) is 1.57. The van der Waals surface area contributed by atoms with Gasteiger partial charge in [0, 0.05) is 12.2 Å².